The van der Waals surface area contributed by atoms with Crippen LogP contribution in [0.3, 0.4) is 0 Å². The number of hydrogen-bond acceptors (Lipinski definition) is 7. The quantitative estimate of drug-likeness (QED) is 0.135. The maximum atomic E-state index is 12.9. The fraction of sp³-hybridized carbons (Fsp3) is 0.143. The molecule has 0 atom stereocenters. The monoisotopic (exact) mass is 802 g/mol. The molecule has 0 aliphatic carbocycles. The molecule has 240 valence electrons. The minimum Gasteiger partial charge on any atom is -0.473 e. The third-order valence-corrected chi connectivity index (χ3v) is 9.03. The average Bonchev–Trinajstić information content (AvgIpc) is 2.95. The molecule has 0 saturated carbocycles. The van der Waals surface area contributed by atoms with Crippen LogP contribution in [0.15, 0.2) is 100 Å². The van der Waals surface area contributed by atoms with Crippen molar-refractivity contribution in [1.29, 1.82) is 0 Å². The highest BCUT2D eigenvalue weighted by molar-refractivity contribution is 9.11. The third kappa shape index (κ3) is 6.80. The first kappa shape index (κ1) is 34.6. The van der Waals surface area contributed by atoms with Crippen molar-refractivity contribution in [1.82, 2.24) is 0 Å². The Bertz CT molecular complexity index is 1810. The molecule has 0 saturated heterocycles. The molecule has 0 amide bonds. The van der Waals surface area contributed by atoms with Gasteiger partial charge in [0.25, 0.3) is 0 Å². The van der Waals surface area contributed by atoms with Gasteiger partial charge in [0.2, 0.25) is 0 Å². The van der Waals surface area contributed by atoms with Crippen LogP contribution >= 0.6 is 31.9 Å². The minimum atomic E-state index is -5.98. The number of ether oxygens (including phenoxy) is 1. The van der Waals surface area contributed by atoms with E-state index >= 15 is 0 Å². The smallest absolute Gasteiger partial charge is 0.473 e. The molecule has 0 unspecified atom stereocenters. The van der Waals surface area contributed by atoms with Crippen LogP contribution in [-0.4, -0.2) is 27.9 Å². The molecule has 17 heteroatoms. The predicted molar refractivity (Wildman–Crippen MR) is 159 cm³/mol. The summed E-state index contributed by atoms with van der Waals surface area (Å²) in [5.41, 5.74) is -10.9. The average molecular weight is 804 g/mol. The summed E-state index contributed by atoms with van der Waals surface area (Å²) in [6.45, 7) is 1.67. The van der Waals surface area contributed by atoms with E-state index in [-0.39, 0.29) is 11.1 Å². The van der Waals surface area contributed by atoms with E-state index in [0.29, 0.717) is 26.9 Å². The lowest BCUT2D eigenvalue weighted by atomic mass is 9.74. The zero-order chi connectivity index (χ0) is 33.4. The molecule has 1 heterocycles. The van der Waals surface area contributed by atoms with Crippen molar-refractivity contribution in [3.8, 4) is 11.5 Å². The summed E-state index contributed by atoms with van der Waals surface area (Å²) in [6.07, 6.45) is 5.05. The van der Waals surface area contributed by atoms with Crippen LogP contribution in [-0.2, 0) is 30.6 Å². The first-order valence-corrected chi connectivity index (χ1v) is 16.7. The molecule has 0 bridgehead atoms. The molecule has 1 aliphatic heterocycles. The van der Waals surface area contributed by atoms with Gasteiger partial charge in [0.15, 0.2) is 5.60 Å². The SMILES string of the molecule is C/C=C1/OC(c2ccc(OS(=O)(=O)C(F)(F)F)cc2)(c2ccc(OS(=O)(=O)C(F)(F)F)cc2)c2cc(Br)ccc2/C1=C/C=C/Br. The molecule has 0 fully saturated rings. The van der Waals surface area contributed by atoms with Gasteiger partial charge in [-0.1, -0.05) is 74.3 Å². The van der Waals surface area contributed by atoms with Crippen LogP contribution in [0.1, 0.15) is 29.2 Å². The highest BCUT2D eigenvalue weighted by atomic mass is 79.9. The van der Waals surface area contributed by atoms with Crippen LogP contribution in [0.4, 0.5) is 26.3 Å². The van der Waals surface area contributed by atoms with Crippen LogP contribution in [0.25, 0.3) is 5.57 Å². The van der Waals surface area contributed by atoms with E-state index < -0.39 is 48.4 Å². The van der Waals surface area contributed by atoms with Crippen molar-refractivity contribution in [2.45, 2.75) is 23.5 Å². The minimum absolute atomic E-state index is 0.227. The Morgan fingerprint density at radius 3 is 1.64 bits per heavy atom. The van der Waals surface area contributed by atoms with Gasteiger partial charge in [-0.05, 0) is 59.9 Å². The standard InChI is InChI=1S/C28H18Br2F6O7S2/c1-2-25-23(4-3-15-29)22-14-9-19(30)16-24(22)26(41-25,17-5-10-20(11-6-17)42-44(37,38)27(31,32)33)18-7-12-21(13-8-18)43-45(39,40)28(34,35)36/h2-16H,1H3/b15-3+,23-4-,25-2+. The molecular weight excluding hydrogens is 786 g/mol. The Hall–Kier alpha value is -3.28. The molecule has 1 aliphatic rings. The molecule has 0 radical (unpaired) electrons. The number of rotatable bonds is 7. The van der Waals surface area contributed by atoms with Gasteiger partial charge in [-0.25, -0.2) is 0 Å². The van der Waals surface area contributed by atoms with E-state index in [2.05, 4.69) is 40.2 Å². The topological polar surface area (TPSA) is 96.0 Å². The number of halogens is 8. The Labute approximate surface area is 270 Å². The van der Waals surface area contributed by atoms with Crippen molar-refractivity contribution in [3.05, 3.63) is 122 Å². The van der Waals surface area contributed by atoms with Gasteiger partial charge in [-0.2, -0.15) is 43.2 Å². The van der Waals surface area contributed by atoms with Gasteiger partial charge in [-0.15, -0.1) is 0 Å². The highest BCUT2D eigenvalue weighted by Gasteiger charge is 2.50. The summed E-state index contributed by atoms with van der Waals surface area (Å²) < 4.78 is 139. The lowest BCUT2D eigenvalue weighted by molar-refractivity contribution is -0.0504. The first-order valence-electron chi connectivity index (χ1n) is 12.2. The zero-order valence-corrected chi connectivity index (χ0v) is 27.2. The molecule has 0 N–H and O–H groups in total. The Morgan fingerprint density at radius 2 is 1.24 bits per heavy atom. The fourth-order valence-electron chi connectivity index (χ4n) is 4.40. The zero-order valence-electron chi connectivity index (χ0n) is 22.4. The maximum Gasteiger partial charge on any atom is 0.534 e. The van der Waals surface area contributed by atoms with Crippen molar-refractivity contribution >= 4 is 57.7 Å². The summed E-state index contributed by atoms with van der Waals surface area (Å²) in [4.78, 5) is 1.59. The molecule has 7 nitrogen and oxygen atoms in total. The van der Waals surface area contributed by atoms with Gasteiger partial charge < -0.3 is 13.1 Å². The van der Waals surface area contributed by atoms with Gasteiger partial charge in [0.1, 0.15) is 17.3 Å². The Morgan fingerprint density at radius 1 is 0.778 bits per heavy atom. The molecule has 45 heavy (non-hydrogen) atoms. The largest absolute Gasteiger partial charge is 0.534 e. The van der Waals surface area contributed by atoms with E-state index in [1.807, 2.05) is 0 Å². The van der Waals surface area contributed by atoms with Crippen LogP contribution in [0.2, 0.25) is 0 Å². The van der Waals surface area contributed by atoms with E-state index in [0.717, 1.165) is 24.3 Å². The van der Waals surface area contributed by atoms with Crippen molar-refractivity contribution in [2.75, 3.05) is 0 Å². The molecule has 3 aromatic carbocycles. The number of alkyl halides is 6. The number of hydrogen-bond donors (Lipinski definition) is 0. The second-order valence-corrected chi connectivity index (χ2v) is 13.6. The molecule has 0 spiro atoms. The molecule has 4 rings (SSSR count). The van der Waals surface area contributed by atoms with Gasteiger partial charge in [0.05, 0.1) is 0 Å². The van der Waals surface area contributed by atoms with Gasteiger partial charge >= 0.3 is 31.3 Å². The van der Waals surface area contributed by atoms with Crippen LogP contribution < -0.4 is 8.37 Å². The number of allylic oxidation sites excluding steroid dienone is 4. The molecule has 3 aromatic rings. The van der Waals surface area contributed by atoms with Gasteiger partial charge in [-0.3, -0.25) is 0 Å². The lowest BCUT2D eigenvalue weighted by Gasteiger charge is -2.42. The van der Waals surface area contributed by atoms with E-state index in [9.17, 15) is 43.2 Å². The van der Waals surface area contributed by atoms with Crippen LogP contribution in [0.5, 0.6) is 11.5 Å². The fourth-order valence-corrected chi connectivity index (χ4v) is 5.83. The Balaban J connectivity index is 1.97. The van der Waals surface area contributed by atoms with E-state index in [1.165, 1.54) is 24.3 Å². The lowest BCUT2D eigenvalue weighted by Crippen LogP contribution is -2.37. The third-order valence-electron chi connectivity index (χ3n) is 6.28. The summed E-state index contributed by atoms with van der Waals surface area (Å²) in [7, 11) is -12.0. The second kappa shape index (κ2) is 12.5. The van der Waals surface area contributed by atoms with E-state index in [1.54, 1.807) is 48.3 Å². The summed E-state index contributed by atoms with van der Waals surface area (Å²) in [5, 5.41) is 0. The van der Waals surface area contributed by atoms with Crippen molar-refractivity contribution in [2.24, 2.45) is 0 Å². The predicted octanol–water partition coefficient (Wildman–Crippen LogP) is 8.42. The highest BCUT2D eigenvalue weighted by Crippen LogP contribution is 2.52. The number of benzene rings is 3. The molecule has 0 aromatic heterocycles. The van der Waals surface area contributed by atoms with Crippen molar-refractivity contribution < 1.29 is 56.3 Å². The summed E-state index contributed by atoms with van der Waals surface area (Å²) in [5.74, 6) is -1.01. The van der Waals surface area contributed by atoms with E-state index in [4.69, 9.17) is 4.74 Å². The Kier molecular flexibility index (Phi) is 9.60. The van der Waals surface area contributed by atoms with Gasteiger partial charge in [0, 0.05) is 26.7 Å². The maximum absolute atomic E-state index is 12.9. The summed E-state index contributed by atoms with van der Waals surface area (Å²) >= 11 is 6.62. The molecular formula is C28H18Br2F6O7S2. The van der Waals surface area contributed by atoms with Crippen molar-refractivity contribution in [3.63, 3.8) is 0 Å². The van der Waals surface area contributed by atoms with Crippen LogP contribution in [0, 0.1) is 0 Å². The summed E-state index contributed by atoms with van der Waals surface area (Å²) in [6, 6.07) is 14.1. The second-order valence-electron chi connectivity index (χ2n) is 9.04. The number of fused-ring (bicyclic) bond motifs is 1. The first-order chi connectivity index (χ1) is 20.9. The normalized spacial score (nSPS) is 17.3.